The summed E-state index contributed by atoms with van der Waals surface area (Å²) in [5.74, 6) is 0.356. The molecule has 0 aliphatic heterocycles. The number of hydrogen-bond acceptors (Lipinski definition) is 6. The Hall–Kier alpha value is -1.78. The van der Waals surface area contributed by atoms with Crippen molar-refractivity contribution in [1.82, 2.24) is 19.7 Å². The van der Waals surface area contributed by atoms with Crippen LogP contribution in [0.4, 0.5) is 5.69 Å². The Morgan fingerprint density at radius 1 is 1.29 bits per heavy atom. The van der Waals surface area contributed by atoms with Gasteiger partial charge in [0.2, 0.25) is 0 Å². The minimum absolute atomic E-state index is 0.211. The third kappa shape index (κ3) is 2.96. The number of rotatable bonds is 4. The highest BCUT2D eigenvalue weighted by Gasteiger charge is 2.19. The molecule has 21 heavy (non-hydrogen) atoms. The zero-order valence-electron chi connectivity index (χ0n) is 10.3. The van der Waals surface area contributed by atoms with E-state index in [0.717, 1.165) is 15.1 Å². The number of nitrogens with zero attached hydrogens (tertiary/aromatic N) is 4. The minimum atomic E-state index is -3.67. The van der Waals surface area contributed by atoms with Crippen molar-refractivity contribution in [3.05, 3.63) is 46.9 Å². The molecule has 0 saturated heterocycles. The predicted molar refractivity (Wildman–Crippen MR) is 82.0 cm³/mol. The van der Waals surface area contributed by atoms with Gasteiger partial charge in [-0.2, -0.15) is 5.10 Å². The third-order valence-corrected chi connectivity index (χ3v) is 5.96. The first-order valence-corrected chi connectivity index (χ1v) is 8.74. The Labute approximate surface area is 132 Å². The van der Waals surface area contributed by atoms with E-state index in [1.165, 1.54) is 23.4 Å². The van der Waals surface area contributed by atoms with Crippen LogP contribution in [-0.2, 0) is 10.0 Å². The SMILES string of the molecule is O=S(=O)(Nc1cccnc1-n1cncn1)c1ccc(Br)s1. The van der Waals surface area contributed by atoms with E-state index in [2.05, 4.69) is 35.7 Å². The normalized spacial score (nSPS) is 11.5. The van der Waals surface area contributed by atoms with Crippen LogP contribution in [0.5, 0.6) is 0 Å². The van der Waals surface area contributed by atoms with Crippen LogP contribution < -0.4 is 4.72 Å². The lowest BCUT2D eigenvalue weighted by molar-refractivity contribution is 0.603. The fraction of sp³-hybridized carbons (Fsp3) is 0. The number of pyridine rings is 1. The Kier molecular flexibility index (Phi) is 3.74. The van der Waals surface area contributed by atoms with Crippen LogP contribution in [0, 0.1) is 0 Å². The molecule has 7 nitrogen and oxygen atoms in total. The number of anilines is 1. The largest absolute Gasteiger partial charge is 0.275 e. The van der Waals surface area contributed by atoms with Gasteiger partial charge in [-0.1, -0.05) is 0 Å². The zero-order chi connectivity index (χ0) is 14.9. The summed E-state index contributed by atoms with van der Waals surface area (Å²) in [6.45, 7) is 0. The van der Waals surface area contributed by atoms with Crippen LogP contribution in [0.25, 0.3) is 5.82 Å². The molecule has 0 amide bonds. The highest BCUT2D eigenvalue weighted by molar-refractivity contribution is 9.11. The molecule has 0 radical (unpaired) electrons. The molecule has 0 aliphatic rings. The highest BCUT2D eigenvalue weighted by Crippen LogP contribution is 2.28. The molecular weight excluding hydrogens is 378 g/mol. The monoisotopic (exact) mass is 385 g/mol. The topological polar surface area (TPSA) is 89.8 Å². The van der Waals surface area contributed by atoms with Crippen LogP contribution in [0.1, 0.15) is 0 Å². The number of halogens is 1. The second-order valence-corrected chi connectivity index (χ2v) is 8.25. The lowest BCUT2D eigenvalue weighted by atomic mass is 10.4. The molecule has 3 rings (SSSR count). The van der Waals surface area contributed by atoms with E-state index in [9.17, 15) is 8.42 Å². The van der Waals surface area contributed by atoms with Gasteiger partial charge in [-0.15, -0.1) is 11.3 Å². The van der Waals surface area contributed by atoms with E-state index in [-0.39, 0.29) is 4.21 Å². The molecule has 3 heterocycles. The molecule has 0 spiro atoms. The van der Waals surface area contributed by atoms with Crippen molar-refractivity contribution < 1.29 is 8.42 Å². The van der Waals surface area contributed by atoms with E-state index in [4.69, 9.17) is 0 Å². The molecule has 1 N–H and O–H groups in total. The maximum absolute atomic E-state index is 12.3. The van der Waals surface area contributed by atoms with Crippen LogP contribution >= 0.6 is 27.3 Å². The number of aromatic nitrogens is 4. The molecule has 108 valence electrons. The van der Waals surface area contributed by atoms with Crippen LogP contribution in [-0.4, -0.2) is 28.2 Å². The van der Waals surface area contributed by atoms with Gasteiger partial charge in [0.1, 0.15) is 16.9 Å². The van der Waals surface area contributed by atoms with Crippen molar-refractivity contribution in [3.63, 3.8) is 0 Å². The quantitative estimate of drug-likeness (QED) is 0.743. The van der Waals surface area contributed by atoms with Crippen molar-refractivity contribution in [2.45, 2.75) is 4.21 Å². The first-order chi connectivity index (χ1) is 10.1. The Bertz CT molecular complexity index is 860. The van der Waals surface area contributed by atoms with Crippen LogP contribution in [0.15, 0.2) is 51.1 Å². The standard InChI is InChI=1S/C11H8BrN5O2S2/c12-9-3-4-10(20-9)21(18,19)16-8-2-1-5-14-11(8)17-7-13-6-15-17/h1-7,16H. The molecular formula is C11H8BrN5O2S2. The fourth-order valence-electron chi connectivity index (χ4n) is 1.61. The maximum atomic E-state index is 12.3. The number of sulfonamides is 1. The maximum Gasteiger partial charge on any atom is 0.271 e. The molecule has 10 heteroatoms. The lowest BCUT2D eigenvalue weighted by Crippen LogP contribution is -2.14. The Balaban J connectivity index is 1.99. The predicted octanol–water partition coefficient (Wildman–Crippen LogP) is 2.29. The fourth-order valence-corrected chi connectivity index (χ4v) is 4.68. The van der Waals surface area contributed by atoms with Crippen LogP contribution in [0.3, 0.4) is 0 Å². The summed E-state index contributed by atoms with van der Waals surface area (Å²) in [7, 11) is -3.67. The van der Waals surface area contributed by atoms with Crippen molar-refractivity contribution in [2.75, 3.05) is 4.72 Å². The highest BCUT2D eigenvalue weighted by atomic mass is 79.9. The summed E-state index contributed by atoms with van der Waals surface area (Å²) < 4.78 is 29.5. The Morgan fingerprint density at radius 3 is 2.81 bits per heavy atom. The summed E-state index contributed by atoms with van der Waals surface area (Å²) in [4.78, 5) is 7.96. The summed E-state index contributed by atoms with van der Waals surface area (Å²) >= 11 is 4.38. The van der Waals surface area contributed by atoms with Gasteiger partial charge in [-0.25, -0.2) is 23.1 Å². The average molecular weight is 386 g/mol. The van der Waals surface area contributed by atoms with Gasteiger partial charge in [0.15, 0.2) is 5.82 Å². The molecule has 3 aromatic heterocycles. The summed E-state index contributed by atoms with van der Waals surface area (Å²) in [6, 6.07) is 6.47. The lowest BCUT2D eigenvalue weighted by Gasteiger charge is -2.10. The van der Waals surface area contributed by atoms with Crippen molar-refractivity contribution in [2.24, 2.45) is 0 Å². The van der Waals surface area contributed by atoms with Gasteiger partial charge in [-0.3, -0.25) is 4.72 Å². The van der Waals surface area contributed by atoms with Crippen molar-refractivity contribution in [1.29, 1.82) is 0 Å². The van der Waals surface area contributed by atoms with E-state index in [0.29, 0.717) is 11.5 Å². The first-order valence-electron chi connectivity index (χ1n) is 5.64. The van der Waals surface area contributed by atoms with Crippen molar-refractivity contribution in [3.8, 4) is 5.82 Å². The molecule has 0 atom stereocenters. The molecule has 0 unspecified atom stereocenters. The van der Waals surface area contributed by atoms with Gasteiger partial charge < -0.3 is 0 Å². The molecule has 0 aliphatic carbocycles. The molecule has 0 aromatic carbocycles. The third-order valence-electron chi connectivity index (χ3n) is 2.48. The van der Waals surface area contributed by atoms with E-state index >= 15 is 0 Å². The molecule has 3 aromatic rings. The van der Waals surface area contributed by atoms with Crippen LogP contribution in [0.2, 0.25) is 0 Å². The summed E-state index contributed by atoms with van der Waals surface area (Å²) in [5, 5.41) is 3.96. The van der Waals surface area contributed by atoms with E-state index in [1.54, 1.807) is 24.4 Å². The van der Waals surface area contributed by atoms with E-state index < -0.39 is 10.0 Å². The molecule has 0 saturated carbocycles. The van der Waals surface area contributed by atoms with Crippen molar-refractivity contribution >= 4 is 43.0 Å². The second-order valence-electron chi connectivity index (χ2n) is 3.88. The second kappa shape index (κ2) is 5.54. The molecule has 0 fully saturated rings. The van der Waals surface area contributed by atoms with Gasteiger partial charge in [0.05, 0.1) is 9.47 Å². The number of thiophene rings is 1. The van der Waals surface area contributed by atoms with Gasteiger partial charge in [0, 0.05) is 6.20 Å². The van der Waals surface area contributed by atoms with Gasteiger partial charge in [0.25, 0.3) is 10.0 Å². The molecule has 0 bridgehead atoms. The first kappa shape index (κ1) is 14.2. The number of nitrogens with one attached hydrogen (secondary N) is 1. The average Bonchev–Trinajstić information content (AvgIpc) is 3.10. The van der Waals surface area contributed by atoms with Gasteiger partial charge in [-0.05, 0) is 40.2 Å². The number of hydrogen-bond donors (Lipinski definition) is 1. The van der Waals surface area contributed by atoms with E-state index in [1.807, 2.05) is 0 Å². The summed E-state index contributed by atoms with van der Waals surface area (Å²) in [6.07, 6.45) is 4.35. The van der Waals surface area contributed by atoms with Gasteiger partial charge >= 0.3 is 0 Å². The minimum Gasteiger partial charge on any atom is -0.275 e. The smallest absolute Gasteiger partial charge is 0.271 e. The zero-order valence-corrected chi connectivity index (χ0v) is 13.6. The summed E-state index contributed by atoms with van der Waals surface area (Å²) in [5.41, 5.74) is 0.326. The Morgan fingerprint density at radius 2 is 2.14 bits per heavy atom.